The lowest BCUT2D eigenvalue weighted by Gasteiger charge is -2.16. The molecule has 96 valence electrons. The molecule has 1 heterocycles. The van der Waals surface area contributed by atoms with Gasteiger partial charge in [-0.2, -0.15) is 0 Å². The summed E-state index contributed by atoms with van der Waals surface area (Å²) < 4.78 is 5.67. The molecule has 0 saturated carbocycles. The van der Waals surface area contributed by atoms with E-state index >= 15 is 0 Å². The molecule has 0 saturated heterocycles. The predicted molar refractivity (Wildman–Crippen MR) is 76.1 cm³/mol. The van der Waals surface area contributed by atoms with Crippen molar-refractivity contribution in [2.45, 2.75) is 12.5 Å². The van der Waals surface area contributed by atoms with Gasteiger partial charge in [0.2, 0.25) is 0 Å². The van der Waals surface area contributed by atoms with Crippen LogP contribution in [0.5, 0.6) is 5.75 Å². The maximum absolute atomic E-state index is 5.89. The van der Waals surface area contributed by atoms with Gasteiger partial charge < -0.3 is 4.74 Å². The number of hydrazine groups is 1. The highest BCUT2D eigenvalue weighted by atomic mass is 35.5. The van der Waals surface area contributed by atoms with E-state index in [-0.39, 0.29) is 6.04 Å². The second kappa shape index (κ2) is 6.75. The molecule has 0 fully saturated rings. The smallest absolute Gasteiger partial charge is 0.120 e. The highest BCUT2D eigenvalue weighted by Crippen LogP contribution is 2.18. The zero-order valence-corrected chi connectivity index (χ0v) is 11.4. The quantitative estimate of drug-likeness (QED) is 0.633. The molecule has 1 unspecified atom stereocenters. The molecular weight excluding hydrogens is 268 g/mol. The summed E-state index contributed by atoms with van der Waals surface area (Å²) in [5, 5.41) is 2.73. The second-order valence-electron chi connectivity index (χ2n) is 3.92. The van der Waals surface area contributed by atoms with E-state index < -0.39 is 0 Å². The number of hydrogen-bond donors (Lipinski definition) is 2. The molecule has 3 nitrogen and oxygen atoms in total. The Balaban J connectivity index is 1.87. The van der Waals surface area contributed by atoms with Gasteiger partial charge in [0.15, 0.2) is 0 Å². The van der Waals surface area contributed by atoms with Crippen LogP contribution in [0, 0.1) is 0 Å². The van der Waals surface area contributed by atoms with Crippen LogP contribution < -0.4 is 16.0 Å². The lowest BCUT2D eigenvalue weighted by molar-refractivity contribution is 0.265. The first-order chi connectivity index (χ1) is 8.78. The van der Waals surface area contributed by atoms with Gasteiger partial charge in [0.25, 0.3) is 0 Å². The minimum Gasteiger partial charge on any atom is -0.492 e. The van der Waals surface area contributed by atoms with Gasteiger partial charge in [-0.1, -0.05) is 23.7 Å². The lowest BCUT2D eigenvalue weighted by Crippen LogP contribution is -2.41. The molecule has 1 aromatic heterocycles. The predicted octanol–water partition coefficient (Wildman–Crippen LogP) is 2.85. The fourth-order valence-electron chi connectivity index (χ4n) is 1.59. The second-order valence-corrected chi connectivity index (χ2v) is 5.38. The molecule has 0 bridgehead atoms. The van der Waals surface area contributed by atoms with Crippen molar-refractivity contribution in [1.29, 1.82) is 0 Å². The molecule has 18 heavy (non-hydrogen) atoms. The summed E-state index contributed by atoms with van der Waals surface area (Å²) in [6.07, 6.45) is 0.856. The van der Waals surface area contributed by atoms with E-state index in [0.717, 1.165) is 12.2 Å². The average molecular weight is 283 g/mol. The zero-order valence-electron chi connectivity index (χ0n) is 9.80. The van der Waals surface area contributed by atoms with Crippen molar-refractivity contribution in [1.82, 2.24) is 5.43 Å². The molecule has 3 N–H and O–H groups in total. The Hall–Kier alpha value is -1.07. The number of halogens is 1. The van der Waals surface area contributed by atoms with E-state index in [1.165, 1.54) is 4.88 Å². The number of hydrogen-bond acceptors (Lipinski definition) is 4. The average Bonchev–Trinajstić information content (AvgIpc) is 2.87. The van der Waals surface area contributed by atoms with E-state index in [4.69, 9.17) is 22.2 Å². The summed E-state index contributed by atoms with van der Waals surface area (Å²) in [6, 6.07) is 11.6. The Morgan fingerprint density at radius 1 is 1.33 bits per heavy atom. The van der Waals surface area contributed by atoms with E-state index in [1.54, 1.807) is 17.4 Å². The Morgan fingerprint density at radius 3 is 2.89 bits per heavy atom. The van der Waals surface area contributed by atoms with Gasteiger partial charge in [-0.05, 0) is 29.6 Å². The number of rotatable bonds is 6. The van der Waals surface area contributed by atoms with Crippen LogP contribution in [0.15, 0.2) is 41.8 Å². The normalized spacial score (nSPS) is 12.3. The van der Waals surface area contributed by atoms with Gasteiger partial charge in [-0.3, -0.25) is 11.3 Å². The van der Waals surface area contributed by atoms with Crippen LogP contribution >= 0.6 is 22.9 Å². The minimum absolute atomic E-state index is 0.0858. The van der Waals surface area contributed by atoms with E-state index in [0.29, 0.717) is 11.6 Å². The Morgan fingerprint density at radius 2 is 2.22 bits per heavy atom. The van der Waals surface area contributed by atoms with Crippen LogP contribution in [0.1, 0.15) is 4.88 Å². The van der Waals surface area contributed by atoms with Crippen LogP contribution in [0.3, 0.4) is 0 Å². The first-order valence-corrected chi connectivity index (χ1v) is 6.90. The van der Waals surface area contributed by atoms with Crippen molar-refractivity contribution in [3.8, 4) is 5.75 Å². The molecule has 0 amide bonds. The molecule has 0 aliphatic carbocycles. The van der Waals surface area contributed by atoms with Gasteiger partial charge in [0, 0.05) is 16.3 Å². The summed E-state index contributed by atoms with van der Waals surface area (Å²) >= 11 is 7.61. The third-order valence-electron chi connectivity index (χ3n) is 2.51. The van der Waals surface area contributed by atoms with Crippen molar-refractivity contribution < 1.29 is 4.74 Å². The van der Waals surface area contributed by atoms with Crippen molar-refractivity contribution in [3.05, 3.63) is 51.7 Å². The van der Waals surface area contributed by atoms with Gasteiger partial charge >= 0.3 is 0 Å². The highest BCUT2D eigenvalue weighted by Gasteiger charge is 2.09. The minimum atomic E-state index is 0.0858. The fourth-order valence-corrected chi connectivity index (χ4v) is 2.56. The largest absolute Gasteiger partial charge is 0.492 e. The van der Waals surface area contributed by atoms with Crippen LogP contribution in [0.4, 0.5) is 0 Å². The monoisotopic (exact) mass is 282 g/mol. The number of ether oxygens (including phenoxy) is 1. The van der Waals surface area contributed by atoms with Crippen molar-refractivity contribution in [2.75, 3.05) is 6.61 Å². The standard InChI is InChI=1S/C13H15ClN2OS/c14-10-3-1-4-12(7-10)17-9-11(16-15)8-13-5-2-6-18-13/h1-7,11,16H,8-9,15H2. The molecule has 5 heteroatoms. The van der Waals surface area contributed by atoms with Crippen LogP contribution in [-0.2, 0) is 6.42 Å². The summed E-state index contributed by atoms with van der Waals surface area (Å²) in [5.74, 6) is 6.29. The molecule has 1 aromatic carbocycles. The molecular formula is C13H15ClN2OS. The highest BCUT2D eigenvalue weighted by molar-refractivity contribution is 7.09. The topological polar surface area (TPSA) is 47.3 Å². The number of nitrogens with one attached hydrogen (secondary N) is 1. The summed E-state index contributed by atoms with van der Waals surface area (Å²) in [4.78, 5) is 1.28. The molecule has 2 aromatic rings. The molecule has 0 spiro atoms. The molecule has 0 aliphatic rings. The van der Waals surface area contributed by atoms with E-state index in [1.807, 2.05) is 24.3 Å². The van der Waals surface area contributed by atoms with Crippen molar-refractivity contribution >= 4 is 22.9 Å². The number of thiophene rings is 1. The zero-order chi connectivity index (χ0) is 12.8. The maximum Gasteiger partial charge on any atom is 0.120 e. The number of benzene rings is 1. The van der Waals surface area contributed by atoms with Crippen LogP contribution in [-0.4, -0.2) is 12.6 Å². The van der Waals surface area contributed by atoms with Crippen LogP contribution in [0.25, 0.3) is 0 Å². The maximum atomic E-state index is 5.89. The summed E-state index contributed by atoms with van der Waals surface area (Å²) in [6.45, 7) is 0.509. The Bertz CT molecular complexity index is 476. The SMILES string of the molecule is NNC(COc1cccc(Cl)c1)Cc1cccs1. The third kappa shape index (κ3) is 3.99. The lowest BCUT2D eigenvalue weighted by atomic mass is 10.2. The fraction of sp³-hybridized carbons (Fsp3) is 0.231. The molecule has 2 rings (SSSR count). The first kappa shape index (κ1) is 13.4. The third-order valence-corrected chi connectivity index (χ3v) is 3.64. The molecule has 1 atom stereocenters. The summed E-state index contributed by atoms with van der Waals surface area (Å²) in [5.41, 5.74) is 2.77. The first-order valence-electron chi connectivity index (χ1n) is 5.65. The molecule has 0 radical (unpaired) electrons. The van der Waals surface area contributed by atoms with Gasteiger partial charge in [0.05, 0.1) is 6.04 Å². The van der Waals surface area contributed by atoms with Crippen LogP contribution in [0.2, 0.25) is 5.02 Å². The van der Waals surface area contributed by atoms with Crippen molar-refractivity contribution in [2.24, 2.45) is 5.84 Å². The summed E-state index contributed by atoms with van der Waals surface area (Å²) in [7, 11) is 0. The van der Waals surface area contributed by atoms with E-state index in [2.05, 4.69) is 16.9 Å². The van der Waals surface area contributed by atoms with Gasteiger partial charge in [0.1, 0.15) is 12.4 Å². The Kier molecular flexibility index (Phi) is 5.01. The van der Waals surface area contributed by atoms with Crippen molar-refractivity contribution in [3.63, 3.8) is 0 Å². The Labute approximate surface area is 116 Å². The van der Waals surface area contributed by atoms with Gasteiger partial charge in [-0.25, -0.2) is 0 Å². The van der Waals surface area contributed by atoms with E-state index in [9.17, 15) is 0 Å². The number of nitrogens with two attached hydrogens (primary N) is 1. The molecule has 0 aliphatic heterocycles. The van der Waals surface area contributed by atoms with Gasteiger partial charge in [-0.15, -0.1) is 11.3 Å².